The maximum Gasteiger partial charge on any atom is 0.0675 e. The smallest absolute Gasteiger partial charge is 0.0675 e. The van der Waals surface area contributed by atoms with Crippen molar-refractivity contribution in [1.29, 1.82) is 0 Å². The van der Waals surface area contributed by atoms with Gasteiger partial charge in [0.25, 0.3) is 0 Å². The van der Waals surface area contributed by atoms with Crippen LogP contribution in [0.4, 0.5) is 0 Å². The molecule has 0 saturated heterocycles. The van der Waals surface area contributed by atoms with E-state index in [2.05, 4.69) is 38.5 Å². The average Bonchev–Trinajstić information content (AvgIpc) is 2.56. The molecule has 0 unspecified atom stereocenters. The molecular weight excluding hydrogens is 242 g/mol. The van der Waals surface area contributed by atoms with Crippen LogP contribution in [-0.4, -0.2) is 23.2 Å². The third-order valence-electron chi connectivity index (χ3n) is 2.11. The van der Waals surface area contributed by atoms with E-state index < -0.39 is 0 Å². The van der Waals surface area contributed by atoms with Crippen LogP contribution in [0.3, 0.4) is 0 Å². The fourth-order valence-electron chi connectivity index (χ4n) is 1.40. The molecule has 0 aromatic carbocycles. The molecule has 0 fully saturated rings. The van der Waals surface area contributed by atoms with E-state index in [9.17, 15) is 0 Å². The molecule has 0 bridgehead atoms. The zero-order chi connectivity index (χ0) is 9.97. The van der Waals surface area contributed by atoms with Crippen molar-refractivity contribution in [2.75, 3.05) is 13.6 Å². The lowest BCUT2D eigenvalue weighted by Crippen LogP contribution is -2.10. The molecule has 2 aromatic rings. The van der Waals surface area contributed by atoms with E-state index in [0.717, 1.165) is 28.6 Å². The molecule has 0 radical (unpaired) electrons. The zero-order valence-electron chi connectivity index (χ0n) is 8.00. The van der Waals surface area contributed by atoms with Crippen molar-refractivity contribution in [3.63, 3.8) is 0 Å². The fourth-order valence-corrected chi connectivity index (χ4v) is 1.75. The van der Waals surface area contributed by atoms with Crippen molar-refractivity contribution in [3.8, 4) is 0 Å². The molecule has 0 aliphatic rings. The number of likely N-dealkylation sites (N-methyl/N-ethyl adjacent to an activating group) is 1. The maximum atomic E-state index is 4.45. The molecule has 2 heterocycles. The second-order valence-electron chi connectivity index (χ2n) is 3.20. The summed E-state index contributed by atoms with van der Waals surface area (Å²) in [7, 11) is 1.95. The predicted octanol–water partition coefficient (Wildman–Crippen LogP) is 1.86. The molecule has 0 spiro atoms. The van der Waals surface area contributed by atoms with Gasteiger partial charge in [0, 0.05) is 23.6 Å². The highest BCUT2D eigenvalue weighted by molar-refractivity contribution is 9.10. The number of nitrogens with zero attached hydrogens (tertiary/aromatic N) is 2. The van der Waals surface area contributed by atoms with E-state index in [1.165, 1.54) is 0 Å². The Morgan fingerprint density at radius 2 is 2.36 bits per heavy atom. The molecule has 14 heavy (non-hydrogen) atoms. The minimum atomic E-state index is 0.963. The summed E-state index contributed by atoms with van der Waals surface area (Å²) in [6, 6.07) is 6.17. The first-order valence-corrected chi connectivity index (χ1v) is 5.37. The SMILES string of the molecule is CNCCc1cc2cc(Br)ccn2n1. The van der Waals surface area contributed by atoms with E-state index >= 15 is 0 Å². The topological polar surface area (TPSA) is 29.3 Å². The number of rotatable bonds is 3. The molecule has 3 nitrogen and oxygen atoms in total. The molecule has 74 valence electrons. The summed E-state index contributed by atoms with van der Waals surface area (Å²) in [5, 5.41) is 7.56. The van der Waals surface area contributed by atoms with Crippen molar-refractivity contribution in [3.05, 3.63) is 34.6 Å². The van der Waals surface area contributed by atoms with Gasteiger partial charge in [0.1, 0.15) is 0 Å². The van der Waals surface area contributed by atoms with E-state index in [1.807, 2.05) is 23.8 Å². The first-order chi connectivity index (χ1) is 6.79. The number of hydrogen-bond donors (Lipinski definition) is 1. The number of fused-ring (bicyclic) bond motifs is 1. The Morgan fingerprint density at radius 1 is 1.50 bits per heavy atom. The lowest BCUT2D eigenvalue weighted by Gasteiger charge is -1.93. The molecule has 1 N–H and O–H groups in total. The summed E-state index contributed by atoms with van der Waals surface area (Å²) in [6.45, 7) is 0.963. The highest BCUT2D eigenvalue weighted by Gasteiger charge is 2.00. The lowest BCUT2D eigenvalue weighted by molar-refractivity contribution is 0.764. The summed E-state index contributed by atoms with van der Waals surface area (Å²) in [5.41, 5.74) is 2.25. The first-order valence-electron chi connectivity index (χ1n) is 4.58. The molecule has 0 amide bonds. The van der Waals surface area contributed by atoms with Gasteiger partial charge in [-0.15, -0.1) is 0 Å². The molecule has 2 aromatic heterocycles. The summed E-state index contributed by atoms with van der Waals surface area (Å²) in [6.07, 6.45) is 2.93. The van der Waals surface area contributed by atoms with Gasteiger partial charge in [-0.25, -0.2) is 4.52 Å². The average molecular weight is 254 g/mol. The third-order valence-corrected chi connectivity index (χ3v) is 2.60. The van der Waals surface area contributed by atoms with E-state index in [0.29, 0.717) is 0 Å². The van der Waals surface area contributed by atoms with Gasteiger partial charge in [-0.3, -0.25) is 0 Å². The summed E-state index contributed by atoms with van der Waals surface area (Å²) < 4.78 is 2.99. The Hall–Kier alpha value is -0.870. The molecule has 4 heteroatoms. The van der Waals surface area contributed by atoms with Crippen molar-refractivity contribution in [2.45, 2.75) is 6.42 Å². The number of halogens is 1. The van der Waals surface area contributed by atoms with Crippen molar-refractivity contribution in [1.82, 2.24) is 14.9 Å². The van der Waals surface area contributed by atoms with Crippen molar-refractivity contribution in [2.24, 2.45) is 0 Å². The minimum absolute atomic E-state index is 0.963. The first kappa shape index (κ1) is 9.68. The summed E-state index contributed by atoms with van der Waals surface area (Å²) >= 11 is 3.44. The quantitative estimate of drug-likeness (QED) is 0.905. The standard InChI is InChI=1S/C10H12BrN3/c1-12-4-2-9-7-10-6-8(11)3-5-14(10)13-9/h3,5-7,12H,2,4H2,1H3. The number of pyridine rings is 1. The van der Waals surface area contributed by atoms with Crippen molar-refractivity contribution >= 4 is 21.4 Å². The Bertz CT molecular complexity index is 436. The molecule has 0 saturated carbocycles. The molecule has 2 rings (SSSR count). The van der Waals surface area contributed by atoms with Crippen LogP contribution in [0.25, 0.3) is 5.52 Å². The van der Waals surface area contributed by atoms with E-state index in [4.69, 9.17) is 0 Å². The largest absolute Gasteiger partial charge is 0.319 e. The van der Waals surface area contributed by atoms with Gasteiger partial charge in [-0.2, -0.15) is 5.10 Å². The van der Waals surface area contributed by atoms with E-state index in [1.54, 1.807) is 0 Å². The molecular formula is C10H12BrN3. The fraction of sp³-hybridized carbons (Fsp3) is 0.300. The molecule has 0 aliphatic heterocycles. The highest BCUT2D eigenvalue weighted by atomic mass is 79.9. The van der Waals surface area contributed by atoms with Crippen LogP contribution in [0.2, 0.25) is 0 Å². The van der Waals surface area contributed by atoms with Gasteiger partial charge in [0.15, 0.2) is 0 Å². The normalized spacial score (nSPS) is 11.0. The highest BCUT2D eigenvalue weighted by Crippen LogP contribution is 2.14. The third kappa shape index (κ3) is 1.96. The number of aromatic nitrogens is 2. The van der Waals surface area contributed by atoms with Crippen molar-refractivity contribution < 1.29 is 0 Å². The van der Waals surface area contributed by atoms with Crippen LogP contribution in [0, 0.1) is 0 Å². The van der Waals surface area contributed by atoms with Gasteiger partial charge >= 0.3 is 0 Å². The monoisotopic (exact) mass is 253 g/mol. The van der Waals surface area contributed by atoms with Gasteiger partial charge in [-0.1, -0.05) is 15.9 Å². The second-order valence-corrected chi connectivity index (χ2v) is 4.12. The van der Waals surface area contributed by atoms with E-state index in [-0.39, 0.29) is 0 Å². The number of hydrogen-bond acceptors (Lipinski definition) is 2. The predicted molar refractivity (Wildman–Crippen MR) is 60.5 cm³/mol. The Balaban J connectivity index is 2.32. The molecule has 0 aliphatic carbocycles. The van der Waals surface area contributed by atoms with Gasteiger partial charge in [0.05, 0.1) is 11.2 Å². The van der Waals surface area contributed by atoms with Crippen LogP contribution < -0.4 is 5.32 Å². The van der Waals surface area contributed by atoms with Crippen LogP contribution in [0.15, 0.2) is 28.9 Å². The summed E-state index contributed by atoms with van der Waals surface area (Å²) in [4.78, 5) is 0. The van der Waals surface area contributed by atoms with Gasteiger partial charge in [-0.05, 0) is 25.2 Å². The zero-order valence-corrected chi connectivity index (χ0v) is 9.58. The Morgan fingerprint density at radius 3 is 3.14 bits per heavy atom. The van der Waals surface area contributed by atoms with Gasteiger partial charge in [0.2, 0.25) is 0 Å². The van der Waals surface area contributed by atoms with Crippen LogP contribution in [0.5, 0.6) is 0 Å². The molecule has 0 atom stereocenters. The van der Waals surface area contributed by atoms with Crippen LogP contribution in [-0.2, 0) is 6.42 Å². The Kier molecular flexibility index (Phi) is 2.84. The second kappa shape index (κ2) is 4.11. The van der Waals surface area contributed by atoms with Crippen LogP contribution >= 0.6 is 15.9 Å². The Labute approximate surface area is 91.2 Å². The summed E-state index contributed by atoms with van der Waals surface area (Å²) in [5.74, 6) is 0. The lowest BCUT2D eigenvalue weighted by atomic mass is 10.3. The van der Waals surface area contributed by atoms with Gasteiger partial charge < -0.3 is 5.32 Å². The number of nitrogens with one attached hydrogen (secondary N) is 1. The maximum absolute atomic E-state index is 4.45. The van der Waals surface area contributed by atoms with Crippen LogP contribution in [0.1, 0.15) is 5.69 Å². The minimum Gasteiger partial charge on any atom is -0.319 e.